The number of ketones is 1. The standard InChI is InChI=1S/C24H22N3O3P/c1-31(29,30-23-5-3-2-4-6-23)27-17-21(15-19-7-11-25-12-8-19)24(28)22(18-27)16-20-9-13-26-14-10-20/h2-16H,17-18H2,1H3/b21-15+,22-16+. The third kappa shape index (κ3) is 5.23. The van der Waals surface area contributed by atoms with Crippen LogP contribution in [0.4, 0.5) is 0 Å². The summed E-state index contributed by atoms with van der Waals surface area (Å²) >= 11 is 0. The lowest BCUT2D eigenvalue weighted by atomic mass is 9.96. The van der Waals surface area contributed by atoms with Gasteiger partial charge >= 0.3 is 7.52 Å². The van der Waals surface area contributed by atoms with Crippen molar-refractivity contribution in [1.82, 2.24) is 14.6 Å². The predicted molar refractivity (Wildman–Crippen MR) is 122 cm³/mol. The number of pyridine rings is 2. The Morgan fingerprint density at radius 2 is 1.32 bits per heavy atom. The molecule has 3 aromatic rings. The van der Waals surface area contributed by atoms with E-state index in [-0.39, 0.29) is 18.9 Å². The minimum absolute atomic E-state index is 0.0652. The second-order valence-corrected chi connectivity index (χ2v) is 9.61. The van der Waals surface area contributed by atoms with E-state index in [0.29, 0.717) is 16.9 Å². The number of carbonyl (C=O) groups is 1. The number of rotatable bonds is 5. The van der Waals surface area contributed by atoms with Crippen LogP contribution in [0, 0.1) is 0 Å². The molecule has 0 aliphatic carbocycles. The van der Waals surface area contributed by atoms with E-state index in [9.17, 15) is 9.36 Å². The highest BCUT2D eigenvalue weighted by Crippen LogP contribution is 2.49. The molecule has 3 heterocycles. The molecule has 2 aromatic heterocycles. The Labute approximate surface area is 181 Å². The van der Waals surface area contributed by atoms with Crippen molar-refractivity contribution >= 4 is 25.5 Å². The first kappa shape index (κ1) is 20.9. The lowest BCUT2D eigenvalue weighted by molar-refractivity contribution is -0.113. The molecule has 156 valence electrons. The molecule has 1 aromatic carbocycles. The van der Waals surface area contributed by atoms with Crippen molar-refractivity contribution in [1.29, 1.82) is 0 Å². The molecule has 0 bridgehead atoms. The van der Waals surface area contributed by atoms with Crippen molar-refractivity contribution < 1.29 is 13.9 Å². The number of hydrogen-bond donors (Lipinski definition) is 0. The lowest BCUT2D eigenvalue weighted by Crippen LogP contribution is -2.36. The summed E-state index contributed by atoms with van der Waals surface area (Å²) in [5.74, 6) is 0.467. The van der Waals surface area contributed by atoms with Gasteiger partial charge in [0, 0.05) is 55.7 Å². The third-order valence-electron chi connectivity index (χ3n) is 4.91. The summed E-state index contributed by atoms with van der Waals surface area (Å²) in [6.07, 6.45) is 10.3. The quantitative estimate of drug-likeness (QED) is 0.430. The molecule has 1 aliphatic rings. The summed E-state index contributed by atoms with van der Waals surface area (Å²) in [7, 11) is -3.23. The zero-order valence-electron chi connectivity index (χ0n) is 17.1. The third-order valence-corrected chi connectivity index (χ3v) is 6.77. The first-order chi connectivity index (χ1) is 15.0. The van der Waals surface area contributed by atoms with Crippen molar-refractivity contribution in [3.8, 4) is 5.75 Å². The molecule has 0 radical (unpaired) electrons. The summed E-state index contributed by atoms with van der Waals surface area (Å²) in [5, 5.41) is 0. The largest absolute Gasteiger partial charge is 0.433 e. The fraction of sp³-hybridized carbons (Fsp3) is 0.125. The monoisotopic (exact) mass is 431 g/mol. The van der Waals surface area contributed by atoms with Crippen LogP contribution in [0.1, 0.15) is 11.1 Å². The molecule has 31 heavy (non-hydrogen) atoms. The van der Waals surface area contributed by atoms with Gasteiger partial charge in [0.2, 0.25) is 0 Å². The van der Waals surface area contributed by atoms with Gasteiger partial charge in [0.1, 0.15) is 5.75 Å². The van der Waals surface area contributed by atoms with Gasteiger partial charge < -0.3 is 4.52 Å². The predicted octanol–water partition coefficient (Wildman–Crippen LogP) is 4.73. The van der Waals surface area contributed by atoms with Gasteiger partial charge in [0.05, 0.1) is 0 Å². The van der Waals surface area contributed by atoms with E-state index in [1.165, 1.54) is 0 Å². The van der Waals surface area contributed by atoms with Gasteiger partial charge in [-0.3, -0.25) is 19.3 Å². The summed E-state index contributed by atoms with van der Waals surface area (Å²) in [5.41, 5.74) is 2.82. The van der Waals surface area contributed by atoms with Crippen LogP contribution < -0.4 is 4.52 Å². The first-order valence-electron chi connectivity index (χ1n) is 9.85. The molecule has 6 nitrogen and oxygen atoms in total. The van der Waals surface area contributed by atoms with E-state index in [1.54, 1.807) is 48.3 Å². The molecule has 1 fully saturated rings. The topological polar surface area (TPSA) is 72.4 Å². The van der Waals surface area contributed by atoms with E-state index in [4.69, 9.17) is 4.52 Å². The second-order valence-electron chi connectivity index (χ2n) is 7.26. The van der Waals surface area contributed by atoms with Crippen LogP contribution in [-0.4, -0.2) is 40.2 Å². The Hall–Kier alpha value is -3.34. The smallest absolute Gasteiger partial charge is 0.316 e. The Kier molecular flexibility index (Phi) is 6.21. The molecular weight excluding hydrogens is 409 g/mol. The number of hydrogen-bond acceptors (Lipinski definition) is 5. The van der Waals surface area contributed by atoms with Gasteiger partial charge in [0.25, 0.3) is 0 Å². The highest BCUT2D eigenvalue weighted by molar-refractivity contribution is 7.56. The molecule has 0 amide bonds. The zero-order chi connectivity index (χ0) is 21.7. The SMILES string of the molecule is CP(=O)(Oc1ccccc1)N1C/C(=C\c2ccncc2)C(=O)/C(=C/c2ccncc2)C1. The van der Waals surface area contributed by atoms with E-state index < -0.39 is 7.52 Å². The highest BCUT2D eigenvalue weighted by Gasteiger charge is 2.36. The maximum absolute atomic E-state index is 13.6. The van der Waals surface area contributed by atoms with Gasteiger partial charge in [-0.1, -0.05) is 18.2 Å². The van der Waals surface area contributed by atoms with Crippen LogP contribution >= 0.6 is 7.52 Å². The molecule has 1 saturated heterocycles. The fourth-order valence-electron chi connectivity index (χ4n) is 3.33. The Morgan fingerprint density at radius 3 is 1.81 bits per heavy atom. The van der Waals surface area contributed by atoms with Gasteiger partial charge in [0.15, 0.2) is 5.78 Å². The van der Waals surface area contributed by atoms with Crippen molar-refractivity contribution in [2.24, 2.45) is 0 Å². The molecule has 4 rings (SSSR count). The molecular formula is C24H22N3O3P. The summed E-state index contributed by atoms with van der Waals surface area (Å²) < 4.78 is 21.2. The Bertz CT molecular complexity index is 1100. The van der Waals surface area contributed by atoms with E-state index in [2.05, 4.69) is 9.97 Å². The van der Waals surface area contributed by atoms with Crippen LogP contribution in [0.25, 0.3) is 12.2 Å². The Balaban J connectivity index is 1.70. The number of piperidine rings is 1. The van der Waals surface area contributed by atoms with Crippen molar-refractivity contribution in [3.63, 3.8) is 0 Å². The minimum atomic E-state index is -3.23. The molecule has 0 saturated carbocycles. The minimum Gasteiger partial charge on any atom is -0.433 e. The maximum atomic E-state index is 13.6. The number of Topliss-reactive ketones (excluding diaryl/α,β-unsaturated/α-hetero) is 1. The fourth-order valence-corrected chi connectivity index (χ4v) is 4.78. The van der Waals surface area contributed by atoms with Crippen molar-refractivity contribution in [2.75, 3.05) is 19.8 Å². The van der Waals surface area contributed by atoms with Crippen LogP contribution in [0.2, 0.25) is 0 Å². The normalized spacial score (nSPS) is 19.3. The molecule has 0 spiro atoms. The molecule has 1 aliphatic heterocycles. The number of aromatic nitrogens is 2. The van der Waals surface area contributed by atoms with Crippen LogP contribution in [0.5, 0.6) is 5.75 Å². The van der Waals surface area contributed by atoms with E-state index in [1.807, 2.05) is 54.6 Å². The molecule has 1 unspecified atom stereocenters. The van der Waals surface area contributed by atoms with Crippen LogP contribution in [0.15, 0.2) is 90.5 Å². The van der Waals surface area contributed by atoms with E-state index >= 15 is 0 Å². The zero-order valence-corrected chi connectivity index (χ0v) is 18.0. The number of nitrogens with zero attached hydrogens (tertiary/aromatic N) is 3. The van der Waals surface area contributed by atoms with Gasteiger partial charge in [-0.2, -0.15) is 0 Å². The average molecular weight is 431 g/mol. The van der Waals surface area contributed by atoms with Crippen molar-refractivity contribution in [3.05, 3.63) is 102 Å². The van der Waals surface area contributed by atoms with Gasteiger partial charge in [-0.05, 0) is 59.7 Å². The number of benzene rings is 1. The summed E-state index contributed by atoms with van der Waals surface area (Å²) in [4.78, 5) is 21.3. The number of para-hydroxylation sites is 1. The first-order valence-corrected chi connectivity index (χ1v) is 11.9. The van der Waals surface area contributed by atoms with Gasteiger partial charge in [-0.15, -0.1) is 0 Å². The average Bonchev–Trinajstić information content (AvgIpc) is 2.78. The molecule has 0 N–H and O–H groups in total. The molecule has 7 heteroatoms. The highest BCUT2D eigenvalue weighted by atomic mass is 31.2. The van der Waals surface area contributed by atoms with Crippen LogP contribution in [0.3, 0.4) is 0 Å². The number of carbonyl (C=O) groups excluding carboxylic acids is 1. The second kappa shape index (κ2) is 9.21. The van der Waals surface area contributed by atoms with Crippen molar-refractivity contribution in [2.45, 2.75) is 0 Å². The van der Waals surface area contributed by atoms with Crippen LogP contribution in [-0.2, 0) is 9.36 Å². The molecule has 1 atom stereocenters. The lowest BCUT2D eigenvalue weighted by Gasteiger charge is -2.33. The maximum Gasteiger partial charge on any atom is 0.316 e. The van der Waals surface area contributed by atoms with E-state index in [0.717, 1.165) is 11.1 Å². The van der Waals surface area contributed by atoms with Gasteiger partial charge in [-0.25, -0.2) is 4.67 Å². The summed E-state index contributed by atoms with van der Waals surface area (Å²) in [6.45, 7) is 2.05. The Morgan fingerprint density at radius 1 is 0.839 bits per heavy atom. The summed E-state index contributed by atoms with van der Waals surface area (Å²) in [6, 6.07) is 16.4.